The zero-order valence-corrected chi connectivity index (χ0v) is 7.30. The second-order valence-electron chi connectivity index (χ2n) is 2.42. The van der Waals surface area contributed by atoms with Crippen LogP contribution in [0.1, 0.15) is 32.6 Å². The summed E-state index contributed by atoms with van der Waals surface area (Å²) in [7, 11) is 1.39. The summed E-state index contributed by atoms with van der Waals surface area (Å²) in [4.78, 5) is 10.5. The van der Waals surface area contributed by atoms with E-state index in [9.17, 15) is 4.79 Å². The molecule has 0 aliphatic rings. The zero-order valence-electron chi connectivity index (χ0n) is 7.30. The van der Waals surface area contributed by atoms with Crippen molar-refractivity contribution in [2.45, 2.75) is 32.6 Å². The van der Waals surface area contributed by atoms with Crippen molar-refractivity contribution in [1.82, 2.24) is 0 Å². The van der Waals surface area contributed by atoms with E-state index < -0.39 is 0 Å². The minimum Gasteiger partial charge on any atom is -0.466 e. The smallest absolute Gasteiger partial charge is 0.330 e. The van der Waals surface area contributed by atoms with E-state index in [1.165, 1.54) is 26.0 Å². The average Bonchev–Trinajstić information content (AvgIpc) is 2.04. The first kappa shape index (κ1) is 10.2. The molecule has 0 radical (unpaired) electrons. The van der Waals surface area contributed by atoms with Crippen molar-refractivity contribution in [3.05, 3.63) is 12.2 Å². The first-order chi connectivity index (χ1) is 5.31. The predicted molar refractivity (Wildman–Crippen MR) is 45.3 cm³/mol. The van der Waals surface area contributed by atoms with Gasteiger partial charge in [0, 0.05) is 6.08 Å². The molecule has 0 aromatic carbocycles. The Labute approximate surface area is 68.2 Å². The topological polar surface area (TPSA) is 26.3 Å². The van der Waals surface area contributed by atoms with Gasteiger partial charge in [0.1, 0.15) is 0 Å². The molecule has 0 aliphatic heterocycles. The summed E-state index contributed by atoms with van der Waals surface area (Å²) >= 11 is 0. The van der Waals surface area contributed by atoms with Gasteiger partial charge in [-0.2, -0.15) is 0 Å². The highest BCUT2D eigenvalue weighted by Gasteiger charge is 1.88. The number of carbonyl (C=O) groups excluding carboxylic acids is 1. The third kappa shape index (κ3) is 7.10. The first-order valence-electron chi connectivity index (χ1n) is 4.05. The van der Waals surface area contributed by atoms with Crippen molar-refractivity contribution in [1.29, 1.82) is 0 Å². The quantitative estimate of drug-likeness (QED) is 0.347. The van der Waals surface area contributed by atoms with Crippen LogP contribution in [-0.2, 0) is 9.53 Å². The van der Waals surface area contributed by atoms with E-state index in [0.717, 1.165) is 12.8 Å². The summed E-state index contributed by atoms with van der Waals surface area (Å²) in [5.74, 6) is -0.263. The second kappa shape index (κ2) is 7.32. The monoisotopic (exact) mass is 156 g/mol. The van der Waals surface area contributed by atoms with Gasteiger partial charge in [0.2, 0.25) is 0 Å². The van der Waals surface area contributed by atoms with Gasteiger partial charge in [-0.05, 0) is 12.8 Å². The van der Waals surface area contributed by atoms with Crippen LogP contribution in [0, 0.1) is 0 Å². The normalized spacial score (nSPS) is 10.4. The van der Waals surface area contributed by atoms with Gasteiger partial charge in [-0.3, -0.25) is 0 Å². The Bertz CT molecular complexity index is 128. The van der Waals surface area contributed by atoms with Crippen molar-refractivity contribution in [2.75, 3.05) is 7.11 Å². The molecule has 0 heterocycles. The fraction of sp³-hybridized carbons (Fsp3) is 0.667. The molecular formula is C9H16O2. The zero-order chi connectivity index (χ0) is 8.53. The molecule has 2 heteroatoms. The van der Waals surface area contributed by atoms with Crippen molar-refractivity contribution in [2.24, 2.45) is 0 Å². The summed E-state index contributed by atoms with van der Waals surface area (Å²) in [6.07, 6.45) is 7.92. The highest BCUT2D eigenvalue weighted by atomic mass is 16.5. The molecule has 0 saturated heterocycles. The lowest BCUT2D eigenvalue weighted by molar-refractivity contribution is -0.134. The molecule has 0 aliphatic carbocycles. The number of ether oxygens (including phenoxy) is 1. The summed E-state index contributed by atoms with van der Waals surface area (Å²) in [6, 6.07) is 0. The fourth-order valence-corrected chi connectivity index (χ4v) is 0.760. The number of hydrogen-bond donors (Lipinski definition) is 0. The fourth-order valence-electron chi connectivity index (χ4n) is 0.760. The lowest BCUT2D eigenvalue weighted by atomic mass is 10.2. The van der Waals surface area contributed by atoms with Crippen molar-refractivity contribution >= 4 is 5.97 Å². The van der Waals surface area contributed by atoms with Crippen LogP contribution in [0.25, 0.3) is 0 Å². The maximum absolute atomic E-state index is 10.5. The van der Waals surface area contributed by atoms with Crippen molar-refractivity contribution in [3.8, 4) is 0 Å². The number of carbonyl (C=O) groups is 1. The minimum absolute atomic E-state index is 0.263. The van der Waals surface area contributed by atoms with E-state index in [0.29, 0.717) is 0 Å². The van der Waals surface area contributed by atoms with E-state index >= 15 is 0 Å². The Morgan fingerprint density at radius 2 is 2.18 bits per heavy atom. The van der Waals surface area contributed by atoms with Gasteiger partial charge in [-0.1, -0.05) is 25.8 Å². The van der Waals surface area contributed by atoms with Gasteiger partial charge in [-0.15, -0.1) is 0 Å². The Balaban J connectivity index is 3.22. The SMILES string of the molecule is CCCCC/C=C\C(=O)OC. The third-order valence-corrected chi connectivity index (χ3v) is 1.43. The third-order valence-electron chi connectivity index (χ3n) is 1.43. The Hall–Kier alpha value is -0.790. The van der Waals surface area contributed by atoms with Gasteiger partial charge in [0.15, 0.2) is 0 Å². The highest BCUT2D eigenvalue weighted by molar-refractivity contribution is 5.81. The van der Waals surface area contributed by atoms with Gasteiger partial charge >= 0.3 is 5.97 Å². The van der Waals surface area contributed by atoms with E-state index in [-0.39, 0.29) is 5.97 Å². The Morgan fingerprint density at radius 1 is 1.45 bits per heavy atom. The van der Waals surface area contributed by atoms with Gasteiger partial charge in [-0.25, -0.2) is 4.79 Å². The number of esters is 1. The van der Waals surface area contributed by atoms with Gasteiger partial charge < -0.3 is 4.74 Å². The van der Waals surface area contributed by atoms with Crippen LogP contribution in [0.3, 0.4) is 0 Å². The van der Waals surface area contributed by atoms with Crippen LogP contribution in [0.5, 0.6) is 0 Å². The molecule has 0 fully saturated rings. The molecule has 0 aromatic heterocycles. The molecule has 64 valence electrons. The lowest BCUT2D eigenvalue weighted by Gasteiger charge is -1.91. The molecule has 0 rings (SSSR count). The summed E-state index contributed by atoms with van der Waals surface area (Å²) in [5.41, 5.74) is 0. The van der Waals surface area contributed by atoms with E-state index in [2.05, 4.69) is 11.7 Å². The second-order valence-corrected chi connectivity index (χ2v) is 2.42. The number of methoxy groups -OCH3 is 1. The molecule has 2 nitrogen and oxygen atoms in total. The molecule has 11 heavy (non-hydrogen) atoms. The van der Waals surface area contributed by atoms with Crippen LogP contribution in [0.2, 0.25) is 0 Å². The van der Waals surface area contributed by atoms with Crippen molar-refractivity contribution < 1.29 is 9.53 Å². The summed E-state index contributed by atoms with van der Waals surface area (Å²) in [6.45, 7) is 2.16. The van der Waals surface area contributed by atoms with Crippen LogP contribution >= 0.6 is 0 Å². The highest BCUT2D eigenvalue weighted by Crippen LogP contribution is 1.99. The largest absolute Gasteiger partial charge is 0.466 e. The maximum Gasteiger partial charge on any atom is 0.330 e. The average molecular weight is 156 g/mol. The van der Waals surface area contributed by atoms with Crippen molar-refractivity contribution in [3.63, 3.8) is 0 Å². The summed E-state index contributed by atoms with van der Waals surface area (Å²) in [5, 5.41) is 0. The molecule has 0 bridgehead atoms. The molecule has 0 spiro atoms. The van der Waals surface area contributed by atoms with Gasteiger partial charge in [0.05, 0.1) is 7.11 Å². The van der Waals surface area contributed by atoms with E-state index in [4.69, 9.17) is 0 Å². The van der Waals surface area contributed by atoms with Crippen LogP contribution in [0.15, 0.2) is 12.2 Å². The van der Waals surface area contributed by atoms with Crippen LogP contribution in [0.4, 0.5) is 0 Å². The predicted octanol–water partition coefficient (Wildman–Crippen LogP) is 2.30. The number of hydrogen-bond acceptors (Lipinski definition) is 2. The Morgan fingerprint density at radius 3 is 2.73 bits per heavy atom. The molecule has 0 atom stereocenters. The van der Waals surface area contributed by atoms with Crippen LogP contribution < -0.4 is 0 Å². The minimum atomic E-state index is -0.263. The molecule has 0 saturated carbocycles. The molecule has 0 aromatic rings. The summed E-state index contributed by atoms with van der Waals surface area (Å²) < 4.78 is 4.43. The number of unbranched alkanes of at least 4 members (excludes halogenated alkanes) is 3. The first-order valence-corrected chi connectivity index (χ1v) is 4.05. The maximum atomic E-state index is 10.5. The Kier molecular flexibility index (Phi) is 6.79. The molecule has 0 unspecified atom stereocenters. The molecular weight excluding hydrogens is 140 g/mol. The standard InChI is InChI=1S/C9H16O2/c1-3-4-5-6-7-8-9(10)11-2/h7-8H,3-6H2,1-2H3/b8-7-. The number of rotatable bonds is 5. The molecule has 0 amide bonds. The van der Waals surface area contributed by atoms with Crippen LogP contribution in [-0.4, -0.2) is 13.1 Å². The number of allylic oxidation sites excluding steroid dienone is 1. The van der Waals surface area contributed by atoms with E-state index in [1.54, 1.807) is 0 Å². The molecule has 0 N–H and O–H groups in total. The van der Waals surface area contributed by atoms with Gasteiger partial charge in [0.25, 0.3) is 0 Å². The van der Waals surface area contributed by atoms with E-state index in [1.807, 2.05) is 6.08 Å². The lowest BCUT2D eigenvalue weighted by Crippen LogP contribution is -1.93.